The maximum Gasteiger partial charge on any atom is 0.227 e. The van der Waals surface area contributed by atoms with Crippen molar-refractivity contribution in [1.29, 1.82) is 0 Å². The van der Waals surface area contributed by atoms with Crippen molar-refractivity contribution < 1.29 is 9.59 Å². The first-order chi connectivity index (χ1) is 12.8. The third-order valence-corrected chi connectivity index (χ3v) is 5.00. The van der Waals surface area contributed by atoms with Gasteiger partial charge in [-0.05, 0) is 37.1 Å². The lowest BCUT2D eigenvalue weighted by Crippen LogP contribution is -2.45. The molecule has 1 N–H and O–H groups in total. The molecule has 2 aromatic rings. The highest BCUT2D eigenvalue weighted by Gasteiger charge is 2.32. The molecule has 2 heterocycles. The van der Waals surface area contributed by atoms with Gasteiger partial charge in [-0.1, -0.05) is 32.4 Å². The van der Waals surface area contributed by atoms with Gasteiger partial charge in [-0.15, -0.1) is 0 Å². The van der Waals surface area contributed by atoms with E-state index in [1.165, 1.54) is 0 Å². The Kier molecular flexibility index (Phi) is 5.56. The number of benzene rings is 1. The molecule has 0 radical (unpaired) electrons. The van der Waals surface area contributed by atoms with Crippen LogP contribution in [0.4, 0.5) is 5.69 Å². The highest BCUT2D eigenvalue weighted by molar-refractivity contribution is 6.31. The summed E-state index contributed by atoms with van der Waals surface area (Å²) in [6.07, 6.45) is 4.81. The molecule has 27 heavy (non-hydrogen) atoms. The van der Waals surface area contributed by atoms with Crippen LogP contribution in [0, 0.1) is 11.3 Å². The molecule has 0 bridgehead atoms. The zero-order chi connectivity index (χ0) is 19.6. The predicted molar refractivity (Wildman–Crippen MR) is 106 cm³/mol. The van der Waals surface area contributed by atoms with Crippen LogP contribution in [-0.2, 0) is 9.59 Å². The molecule has 1 fully saturated rings. The van der Waals surface area contributed by atoms with E-state index in [0.29, 0.717) is 36.6 Å². The molecule has 1 aliphatic rings. The molecule has 7 heteroatoms. The number of nitrogens with one attached hydrogen (secondary N) is 1. The smallest absolute Gasteiger partial charge is 0.227 e. The van der Waals surface area contributed by atoms with Gasteiger partial charge in [-0.3, -0.25) is 9.59 Å². The third kappa shape index (κ3) is 4.50. The first kappa shape index (κ1) is 19.4. The highest BCUT2D eigenvalue weighted by Crippen LogP contribution is 2.27. The molecular weight excluding hydrogens is 364 g/mol. The molecule has 3 rings (SSSR count). The lowest BCUT2D eigenvalue weighted by Gasteiger charge is -2.35. The molecule has 2 amide bonds. The van der Waals surface area contributed by atoms with Crippen molar-refractivity contribution in [2.45, 2.75) is 33.6 Å². The lowest BCUT2D eigenvalue weighted by molar-refractivity contribution is -0.142. The number of aromatic nitrogens is 2. The van der Waals surface area contributed by atoms with Crippen LogP contribution in [0.2, 0.25) is 5.02 Å². The van der Waals surface area contributed by atoms with Crippen LogP contribution in [-0.4, -0.2) is 39.6 Å². The van der Waals surface area contributed by atoms with Crippen molar-refractivity contribution in [3.63, 3.8) is 0 Å². The van der Waals surface area contributed by atoms with Crippen molar-refractivity contribution in [1.82, 2.24) is 14.7 Å². The average Bonchev–Trinajstić information content (AvgIpc) is 3.15. The lowest BCUT2D eigenvalue weighted by atomic mass is 9.90. The van der Waals surface area contributed by atoms with E-state index < -0.39 is 5.41 Å². The Bertz CT molecular complexity index is 819. The Balaban J connectivity index is 1.67. The van der Waals surface area contributed by atoms with Crippen molar-refractivity contribution >= 4 is 29.1 Å². The number of piperidine rings is 1. The van der Waals surface area contributed by atoms with Crippen LogP contribution >= 0.6 is 11.6 Å². The number of anilines is 1. The second-order valence-corrected chi connectivity index (χ2v) is 8.35. The fourth-order valence-electron chi connectivity index (χ4n) is 3.27. The van der Waals surface area contributed by atoms with Gasteiger partial charge < -0.3 is 10.2 Å². The number of hydrogen-bond donors (Lipinski definition) is 1. The Morgan fingerprint density at radius 1 is 1.22 bits per heavy atom. The maximum atomic E-state index is 12.8. The Hall–Kier alpha value is -2.34. The SMILES string of the molecule is CC(C)(C)C(=O)N1CCC(C(=O)Nc2cc(Cl)ccc2-n2cccn2)CC1. The second-order valence-electron chi connectivity index (χ2n) is 7.92. The van der Waals surface area contributed by atoms with Crippen molar-refractivity contribution in [2.75, 3.05) is 18.4 Å². The fraction of sp³-hybridized carbons (Fsp3) is 0.450. The molecule has 0 spiro atoms. The minimum atomic E-state index is -0.394. The Morgan fingerprint density at radius 2 is 1.93 bits per heavy atom. The van der Waals surface area contributed by atoms with Gasteiger partial charge in [0, 0.05) is 41.8 Å². The zero-order valence-corrected chi connectivity index (χ0v) is 16.7. The number of hydrogen-bond acceptors (Lipinski definition) is 3. The number of likely N-dealkylation sites (tertiary alicyclic amines) is 1. The number of halogens is 1. The Labute approximate surface area is 164 Å². The largest absolute Gasteiger partial charge is 0.342 e. The summed E-state index contributed by atoms with van der Waals surface area (Å²) in [5.41, 5.74) is 0.997. The number of amides is 2. The summed E-state index contributed by atoms with van der Waals surface area (Å²) < 4.78 is 1.69. The summed E-state index contributed by atoms with van der Waals surface area (Å²) in [5, 5.41) is 7.77. The fourth-order valence-corrected chi connectivity index (χ4v) is 3.45. The molecule has 0 unspecified atom stereocenters. The van der Waals surface area contributed by atoms with E-state index in [1.54, 1.807) is 23.0 Å². The van der Waals surface area contributed by atoms with Crippen LogP contribution in [0.15, 0.2) is 36.7 Å². The quantitative estimate of drug-likeness (QED) is 0.870. The first-order valence-electron chi connectivity index (χ1n) is 9.15. The molecule has 1 aliphatic heterocycles. The van der Waals surface area contributed by atoms with Crippen LogP contribution in [0.3, 0.4) is 0 Å². The normalized spacial score (nSPS) is 15.6. The molecule has 0 saturated carbocycles. The van der Waals surface area contributed by atoms with Gasteiger partial charge in [0.15, 0.2) is 0 Å². The van der Waals surface area contributed by atoms with Gasteiger partial charge in [0.2, 0.25) is 11.8 Å². The zero-order valence-electron chi connectivity index (χ0n) is 15.9. The molecular formula is C20H25ClN4O2. The molecule has 1 aromatic carbocycles. The predicted octanol–water partition coefficient (Wildman–Crippen LogP) is 3.75. The van der Waals surface area contributed by atoms with Crippen LogP contribution in [0.1, 0.15) is 33.6 Å². The van der Waals surface area contributed by atoms with Gasteiger partial charge >= 0.3 is 0 Å². The summed E-state index contributed by atoms with van der Waals surface area (Å²) in [5.74, 6) is -0.0378. The minimum Gasteiger partial charge on any atom is -0.342 e. The highest BCUT2D eigenvalue weighted by atomic mass is 35.5. The molecule has 1 saturated heterocycles. The molecule has 6 nitrogen and oxygen atoms in total. The number of rotatable bonds is 3. The summed E-state index contributed by atoms with van der Waals surface area (Å²) in [6.45, 7) is 6.98. The van der Waals surface area contributed by atoms with E-state index in [2.05, 4.69) is 10.4 Å². The van der Waals surface area contributed by atoms with Gasteiger partial charge in [-0.25, -0.2) is 4.68 Å². The average molecular weight is 389 g/mol. The van der Waals surface area contributed by atoms with E-state index in [4.69, 9.17) is 11.6 Å². The van der Waals surface area contributed by atoms with Crippen molar-refractivity contribution in [2.24, 2.45) is 11.3 Å². The number of nitrogens with zero attached hydrogens (tertiary/aromatic N) is 3. The molecule has 0 aliphatic carbocycles. The molecule has 1 aromatic heterocycles. The van der Waals surface area contributed by atoms with E-state index in [9.17, 15) is 9.59 Å². The topological polar surface area (TPSA) is 67.2 Å². The van der Waals surface area contributed by atoms with Crippen molar-refractivity contribution in [3.8, 4) is 5.69 Å². The first-order valence-corrected chi connectivity index (χ1v) is 9.53. The van der Waals surface area contributed by atoms with E-state index in [-0.39, 0.29) is 17.7 Å². The standard InChI is InChI=1S/C20H25ClN4O2/c1-20(2,3)19(27)24-11-7-14(8-12-24)18(26)23-16-13-15(21)5-6-17(16)25-10-4-9-22-25/h4-6,9-10,13-14H,7-8,11-12H2,1-3H3,(H,23,26). The van der Waals surface area contributed by atoms with Gasteiger partial charge in [0.05, 0.1) is 11.4 Å². The summed E-state index contributed by atoms with van der Waals surface area (Å²) >= 11 is 6.12. The van der Waals surface area contributed by atoms with Gasteiger partial charge in [-0.2, -0.15) is 5.10 Å². The maximum absolute atomic E-state index is 12.8. The van der Waals surface area contributed by atoms with E-state index in [0.717, 1.165) is 5.69 Å². The minimum absolute atomic E-state index is 0.0477. The monoisotopic (exact) mass is 388 g/mol. The van der Waals surface area contributed by atoms with Crippen molar-refractivity contribution in [3.05, 3.63) is 41.7 Å². The van der Waals surface area contributed by atoms with E-state index >= 15 is 0 Å². The molecule has 144 valence electrons. The van der Waals surface area contributed by atoms with Crippen LogP contribution in [0.5, 0.6) is 0 Å². The Morgan fingerprint density at radius 3 is 2.52 bits per heavy atom. The number of carbonyl (C=O) groups is 2. The summed E-state index contributed by atoms with van der Waals surface area (Å²) in [7, 11) is 0. The molecule has 0 atom stereocenters. The summed E-state index contributed by atoms with van der Waals surface area (Å²) in [4.78, 5) is 27.0. The van der Waals surface area contributed by atoms with Crippen LogP contribution in [0.25, 0.3) is 5.69 Å². The van der Waals surface area contributed by atoms with Gasteiger partial charge in [0.25, 0.3) is 0 Å². The summed E-state index contributed by atoms with van der Waals surface area (Å²) in [6, 6.07) is 7.15. The third-order valence-electron chi connectivity index (χ3n) is 4.76. The van der Waals surface area contributed by atoms with Crippen LogP contribution < -0.4 is 5.32 Å². The second kappa shape index (κ2) is 7.72. The van der Waals surface area contributed by atoms with Gasteiger partial charge in [0.1, 0.15) is 0 Å². The van der Waals surface area contributed by atoms with E-state index in [1.807, 2.05) is 44.0 Å². The number of carbonyl (C=O) groups excluding carboxylic acids is 2.